The molecule has 11 heterocycles. The van der Waals surface area contributed by atoms with Gasteiger partial charge in [0.2, 0.25) is 47.3 Å². The Morgan fingerprint density at radius 3 is 2.03 bits per heavy atom. The topological polar surface area (TPSA) is 477 Å². The molecule has 1 saturated heterocycles. The predicted octanol–water partition coefficient (Wildman–Crippen LogP) is -0.0195. The Balaban J connectivity index is 1.03. The number of aliphatic imine (C=N–C) groups is 3. The molecule has 39 heteroatoms. The molecule has 11 amide bonds. The van der Waals surface area contributed by atoms with Gasteiger partial charge in [0.05, 0.1) is 59.3 Å². The number of unbranched alkanes of at least 4 members (excludes halogenated alkanes) is 1. The first-order valence-corrected chi connectivity index (χ1v) is 37.2. The van der Waals surface area contributed by atoms with Crippen molar-refractivity contribution in [2.24, 2.45) is 26.4 Å². The fourth-order valence-electron chi connectivity index (χ4n) is 10.6. The van der Waals surface area contributed by atoms with Crippen LogP contribution in [0, 0.1) is 0 Å². The van der Waals surface area contributed by atoms with Gasteiger partial charge in [-0.05, 0) is 71.6 Å². The van der Waals surface area contributed by atoms with Crippen molar-refractivity contribution in [1.29, 1.82) is 0 Å². The second-order valence-corrected chi connectivity index (χ2v) is 30.0. The average molecular weight is 1470 g/mol. The first kappa shape index (κ1) is 72.3. The van der Waals surface area contributed by atoms with Crippen LogP contribution in [0.3, 0.4) is 0 Å². The van der Waals surface area contributed by atoms with Gasteiger partial charge in [0.15, 0.2) is 4.87 Å². The summed E-state index contributed by atoms with van der Waals surface area (Å²) in [7, 11) is 0. The van der Waals surface area contributed by atoms with E-state index < -0.39 is 155 Å². The van der Waals surface area contributed by atoms with Crippen LogP contribution in [0.15, 0.2) is 61.6 Å². The molecule has 1 fully saturated rings. The summed E-state index contributed by atoms with van der Waals surface area (Å²) < 4.78 is 0. The molecule has 98 heavy (non-hydrogen) atoms. The molecule has 32 nitrogen and oxygen atoms in total. The monoisotopic (exact) mass is 1470 g/mol. The number of primary amides is 1. The first-order valence-electron chi connectivity index (χ1n) is 30.6. The number of hydrogen-bond donors (Lipinski definition) is 12. The van der Waals surface area contributed by atoms with Crippen molar-refractivity contribution in [1.82, 2.24) is 72.7 Å². The molecule has 0 radical (unpaired) electrons. The van der Waals surface area contributed by atoms with Crippen LogP contribution in [-0.4, -0.2) is 212 Å². The molecule has 11 rings (SSSR count). The third-order valence-corrected chi connectivity index (χ3v) is 23.1. The van der Waals surface area contributed by atoms with Gasteiger partial charge < -0.3 is 69.3 Å². The van der Waals surface area contributed by atoms with Gasteiger partial charge in [-0.25, -0.2) is 24.7 Å². The Hall–Kier alpha value is -8.47. The summed E-state index contributed by atoms with van der Waals surface area (Å²) in [6.07, 6.45) is 1.91. The minimum absolute atomic E-state index is 0.0211. The Morgan fingerprint density at radius 1 is 0.704 bits per heavy atom. The Morgan fingerprint density at radius 2 is 1.35 bits per heavy atom. The van der Waals surface area contributed by atoms with Gasteiger partial charge in [0, 0.05) is 45.7 Å². The summed E-state index contributed by atoms with van der Waals surface area (Å²) >= 11 is 7.73. The number of aliphatic carboxylic acids is 1. The fraction of sp³-hybridized carbons (Fsp3) is 0.441. The predicted molar refractivity (Wildman–Crippen MR) is 373 cm³/mol. The summed E-state index contributed by atoms with van der Waals surface area (Å²) in [6.45, 7) is 7.28. The van der Waals surface area contributed by atoms with Crippen LogP contribution < -0.4 is 59.3 Å². The second kappa shape index (κ2) is 32.0. The van der Waals surface area contributed by atoms with E-state index in [9.17, 15) is 62.6 Å². The lowest BCUT2D eigenvalue weighted by atomic mass is 10.0. The quantitative estimate of drug-likeness (QED) is 0.0854. The van der Waals surface area contributed by atoms with Gasteiger partial charge in [-0.15, -0.1) is 81.1 Å². The SMILES string of the molecule is C=C1NC(=O)[C@H]2CSC(=N2)c2csc(n2)-c2ccc3c(n2)[C@@H](C)NC(=O)[C@@H]2CCCN2C(=O)CNC(=O)CNC(=O)[C@H](CCCCN)NC(=O)[C@@](C)(NC(=O)/C(=C/C)NC(=O)[C@H]2CSC(=N2)[C@@H](CC(N)=O)NC3=O)SC[C@H](C(=O)O)NC(=O)[C@@H]2CSC(=N2)c2csc(n2)-c2csc1n2. The van der Waals surface area contributed by atoms with Crippen LogP contribution in [0.1, 0.15) is 97.8 Å². The molecule has 0 unspecified atom stereocenters. The molecular weight excluding hydrogens is 1410 g/mol. The third kappa shape index (κ3) is 17.3. The normalized spacial score (nSPS) is 26.4. The Kier molecular flexibility index (Phi) is 23.6. The van der Waals surface area contributed by atoms with Gasteiger partial charge in [-0.3, -0.25) is 67.7 Å². The molecule has 16 bridgehead atoms. The molecule has 9 atom stereocenters. The number of allylic oxidation sites excluding steroid dienone is 1. The number of carbonyl (C=O) groups excluding carboxylic acids is 11. The maximum atomic E-state index is 14.9. The number of carboxylic acids is 1. The molecule has 4 aromatic rings. The Bertz CT molecular complexity index is 4040. The second-order valence-electron chi connectivity index (χ2n) is 22.9. The van der Waals surface area contributed by atoms with E-state index in [1.54, 1.807) is 23.1 Å². The highest BCUT2D eigenvalue weighted by Crippen LogP contribution is 2.34. The molecular formula is C59H67N19O13S7. The number of thioether (sulfide) groups is 4. The van der Waals surface area contributed by atoms with Crippen LogP contribution in [-0.2, 0) is 52.7 Å². The number of pyridine rings is 1. The number of thiazole rings is 3. The maximum Gasteiger partial charge on any atom is 0.327 e. The number of carbonyl (C=O) groups is 12. The highest BCUT2D eigenvalue weighted by molar-refractivity contribution is 8.15. The zero-order valence-corrected chi connectivity index (χ0v) is 58.3. The number of aromatic nitrogens is 4. The number of amides is 11. The van der Waals surface area contributed by atoms with Gasteiger partial charge in [0.1, 0.15) is 84.1 Å². The molecule has 0 saturated carbocycles. The third-order valence-electron chi connectivity index (χ3n) is 15.8. The van der Waals surface area contributed by atoms with E-state index >= 15 is 0 Å². The summed E-state index contributed by atoms with van der Waals surface area (Å²) in [4.78, 5) is 200. The zero-order valence-electron chi connectivity index (χ0n) is 52.6. The summed E-state index contributed by atoms with van der Waals surface area (Å²) in [6, 6.07) is -6.77. The molecule has 0 aliphatic carbocycles. The van der Waals surface area contributed by atoms with Gasteiger partial charge in [-0.2, -0.15) is 0 Å². The van der Waals surface area contributed by atoms with Gasteiger partial charge in [0.25, 0.3) is 17.7 Å². The number of carboxylic acid groups (broad SMARTS) is 1. The van der Waals surface area contributed by atoms with Gasteiger partial charge >= 0.3 is 5.97 Å². The zero-order chi connectivity index (χ0) is 70.1. The van der Waals surface area contributed by atoms with E-state index in [0.717, 1.165) is 11.8 Å². The number of nitrogens with two attached hydrogens (primary N) is 2. The van der Waals surface area contributed by atoms with Crippen LogP contribution in [0.25, 0.3) is 27.1 Å². The van der Waals surface area contributed by atoms with Crippen molar-refractivity contribution in [3.05, 3.63) is 74.3 Å². The Labute approximate surface area is 588 Å². The molecule has 0 spiro atoms. The first-order chi connectivity index (χ1) is 46.9. The van der Waals surface area contributed by atoms with E-state index in [4.69, 9.17) is 31.4 Å². The number of rotatable bonds is 7. The molecule has 518 valence electrons. The number of nitrogens with zero attached hydrogens (tertiary/aromatic N) is 8. The van der Waals surface area contributed by atoms with Crippen molar-refractivity contribution >= 4 is 173 Å². The minimum atomic E-state index is -2.24. The van der Waals surface area contributed by atoms with E-state index in [1.165, 1.54) is 94.5 Å². The minimum Gasteiger partial charge on any atom is -0.480 e. The lowest BCUT2D eigenvalue weighted by molar-refractivity contribution is -0.141. The molecule has 4 aromatic heterocycles. The highest BCUT2D eigenvalue weighted by Gasteiger charge is 2.43. The maximum absolute atomic E-state index is 14.9. The number of nitrogens with one attached hydrogen (secondary N) is 9. The van der Waals surface area contributed by atoms with Crippen molar-refractivity contribution in [3.8, 4) is 21.4 Å². The lowest BCUT2D eigenvalue weighted by Crippen LogP contribution is -2.60. The fourth-order valence-corrected chi connectivity index (χ4v) is 17.2. The van der Waals surface area contributed by atoms with Gasteiger partial charge in [-0.1, -0.05) is 12.7 Å². The van der Waals surface area contributed by atoms with Crippen LogP contribution in [0.4, 0.5) is 0 Å². The number of fused-ring (bicyclic) bond motifs is 8. The van der Waals surface area contributed by atoms with Crippen molar-refractivity contribution in [2.75, 3.05) is 49.2 Å². The molecule has 7 aliphatic heterocycles. The van der Waals surface area contributed by atoms with Crippen LogP contribution in [0.2, 0.25) is 0 Å². The average Bonchev–Trinajstić information content (AvgIpc) is 1.16. The van der Waals surface area contributed by atoms with Crippen molar-refractivity contribution in [3.63, 3.8) is 0 Å². The molecule has 0 aromatic carbocycles. The van der Waals surface area contributed by atoms with Crippen LogP contribution in [0.5, 0.6) is 0 Å². The standard InChI is InChI=1S/C59H67N19O13S7/c1-5-28-49(87)77-59(4)58(91)76-29(9-6-7-13-60)45(83)63-16-41(80)62-17-42(81)78-14-8-10-39(78)50(88)64-25(2)43-27(44(82)68-31(15-40(61)79)53-70-33(19-93-53)47(85)67-28)11-12-30(66-43)52-74-36(22-96-52)54-71-32(18-94-54)46(84)65-26(3)51-73-35(21-92-51)56-75-37(23-97-56)55-72-34(20-95-55)48(86)69-38(24-98-59)57(89)90/h5,11-12,21-23,25,29,31-34,38-39H,3,6-10,13-20,24,60H2,1-2,4H3,(H2,61,79)(H,62,80)(H,63,83)(H,64,88)(H,65,84)(H,67,85)(H,68,82)(H,69,86)(H,76,91)(H,77,87)(H,89,90)/b28-5-/t25-,29+,31-,32-,33-,34+,38-,39+,59+/m1/s1. The summed E-state index contributed by atoms with van der Waals surface area (Å²) in [5.41, 5.74) is 12.9. The van der Waals surface area contributed by atoms with E-state index in [-0.39, 0.29) is 77.3 Å². The molecule has 7 aliphatic rings. The summed E-state index contributed by atoms with van der Waals surface area (Å²) in [5, 5.41) is 41.6. The largest absolute Gasteiger partial charge is 0.480 e. The highest BCUT2D eigenvalue weighted by atomic mass is 32.2. The van der Waals surface area contributed by atoms with E-state index in [0.29, 0.717) is 66.8 Å². The lowest BCUT2D eigenvalue weighted by Gasteiger charge is -2.32. The number of hydrogen-bond acceptors (Lipinski definition) is 27. The van der Waals surface area contributed by atoms with E-state index in [2.05, 4.69) is 69.4 Å². The summed E-state index contributed by atoms with van der Waals surface area (Å²) in [5.74, 6) is -10.7. The smallest absolute Gasteiger partial charge is 0.327 e. The van der Waals surface area contributed by atoms with E-state index in [1.807, 2.05) is 0 Å². The molecule has 14 N–H and O–H groups in total. The van der Waals surface area contributed by atoms with Crippen molar-refractivity contribution < 1.29 is 62.6 Å². The van der Waals surface area contributed by atoms with Crippen LogP contribution >= 0.6 is 81.1 Å². The van der Waals surface area contributed by atoms with Crippen molar-refractivity contribution in [2.45, 2.75) is 113 Å².